The number of esters is 2. The molecule has 0 radical (unpaired) electrons. The van der Waals surface area contributed by atoms with Gasteiger partial charge < -0.3 is 19.4 Å². The largest absolute Gasteiger partial charge is 0.469 e. The zero-order valence-corrected chi connectivity index (χ0v) is 17.6. The van der Waals surface area contributed by atoms with Crippen LogP contribution in [-0.4, -0.2) is 40.3 Å². The maximum Gasteiger partial charge on any atom is 0.314 e. The van der Waals surface area contributed by atoms with Crippen LogP contribution < -0.4 is 9.92 Å². The van der Waals surface area contributed by atoms with Gasteiger partial charge in [0.1, 0.15) is 12.4 Å². The smallest absolute Gasteiger partial charge is 0.314 e. The van der Waals surface area contributed by atoms with Gasteiger partial charge in [-0.05, 0) is 35.7 Å². The zero-order chi connectivity index (χ0) is 22.1. The number of nitrogens with two attached hydrogens (primary N) is 1. The molecule has 2 atom stereocenters. The summed E-state index contributed by atoms with van der Waals surface area (Å²) in [5.74, 6) is -2.35. The summed E-state index contributed by atoms with van der Waals surface area (Å²) < 4.78 is 37.6. The monoisotopic (exact) mass is 435 g/mol. The van der Waals surface area contributed by atoms with Gasteiger partial charge in [0.15, 0.2) is 0 Å². The Balaban J connectivity index is 2.27. The average Bonchev–Trinajstić information content (AvgIpc) is 2.72. The molecule has 0 aliphatic rings. The van der Waals surface area contributed by atoms with E-state index in [0.29, 0.717) is 5.56 Å². The van der Waals surface area contributed by atoms with Crippen LogP contribution in [-0.2, 0) is 35.8 Å². The van der Waals surface area contributed by atoms with E-state index in [1.807, 2.05) is 30.3 Å². The fraction of sp³-hybridized carbons (Fsp3) is 0.333. The van der Waals surface area contributed by atoms with Crippen LogP contribution in [0.15, 0.2) is 54.6 Å². The summed E-state index contributed by atoms with van der Waals surface area (Å²) in [6.07, 6.45) is 0.866. The third kappa shape index (κ3) is 7.16. The van der Waals surface area contributed by atoms with Crippen molar-refractivity contribution in [2.24, 2.45) is 11.7 Å². The van der Waals surface area contributed by atoms with Crippen molar-refractivity contribution < 1.29 is 31.7 Å². The summed E-state index contributed by atoms with van der Waals surface area (Å²) in [4.78, 5) is 24.8. The van der Waals surface area contributed by atoms with Crippen molar-refractivity contribution in [1.29, 1.82) is 0 Å². The molecule has 30 heavy (non-hydrogen) atoms. The van der Waals surface area contributed by atoms with Crippen LogP contribution in [0.25, 0.3) is 0 Å². The predicted molar refractivity (Wildman–Crippen MR) is 110 cm³/mol. The van der Waals surface area contributed by atoms with Gasteiger partial charge in [0.25, 0.3) is 0 Å². The first kappa shape index (κ1) is 23.4. The quantitative estimate of drug-likeness (QED) is 0.444. The van der Waals surface area contributed by atoms with Gasteiger partial charge in [-0.3, -0.25) is 9.59 Å². The van der Waals surface area contributed by atoms with Crippen LogP contribution in [0.2, 0.25) is 0 Å². The molecule has 0 heterocycles. The minimum atomic E-state index is -3.68. The van der Waals surface area contributed by atoms with E-state index in [-0.39, 0.29) is 25.3 Å². The molecule has 2 rings (SSSR count). The molecular weight excluding hydrogens is 410 g/mol. The van der Waals surface area contributed by atoms with Crippen molar-refractivity contribution in [3.8, 4) is 5.75 Å². The third-order valence-corrected chi connectivity index (χ3v) is 4.89. The van der Waals surface area contributed by atoms with Crippen molar-refractivity contribution >= 4 is 22.1 Å². The molecule has 0 saturated heterocycles. The van der Waals surface area contributed by atoms with Crippen LogP contribution in [0.1, 0.15) is 23.5 Å². The van der Waals surface area contributed by atoms with Crippen molar-refractivity contribution in [1.82, 2.24) is 0 Å². The first-order chi connectivity index (χ1) is 14.2. The number of carbonyl (C=O) groups excluding carboxylic acids is 2. The summed E-state index contributed by atoms with van der Waals surface area (Å²) in [5, 5.41) is 0. The fourth-order valence-corrected chi connectivity index (χ4v) is 3.42. The molecule has 0 fully saturated rings. The Labute approximate surface area is 176 Å². The average molecular weight is 435 g/mol. The van der Waals surface area contributed by atoms with E-state index in [4.69, 9.17) is 19.4 Å². The summed E-state index contributed by atoms with van der Waals surface area (Å²) in [6.45, 7) is 0.114. The third-order valence-electron chi connectivity index (χ3n) is 4.40. The van der Waals surface area contributed by atoms with E-state index in [9.17, 15) is 18.0 Å². The van der Waals surface area contributed by atoms with E-state index >= 15 is 0 Å². The number of benzene rings is 2. The fourth-order valence-electron chi connectivity index (χ4n) is 2.96. The molecule has 9 heteroatoms. The summed E-state index contributed by atoms with van der Waals surface area (Å²) in [7, 11) is -2.42. The van der Waals surface area contributed by atoms with Crippen LogP contribution in [0.3, 0.4) is 0 Å². The highest BCUT2D eigenvalue weighted by Crippen LogP contribution is 2.30. The van der Waals surface area contributed by atoms with Crippen LogP contribution in [0, 0.1) is 5.92 Å². The molecule has 0 aliphatic carbocycles. The Morgan fingerprint density at radius 2 is 1.67 bits per heavy atom. The number of hydrogen-bond donors (Lipinski definition) is 1. The maximum absolute atomic E-state index is 12.9. The van der Waals surface area contributed by atoms with E-state index in [0.717, 1.165) is 11.8 Å². The van der Waals surface area contributed by atoms with Gasteiger partial charge in [0, 0.05) is 0 Å². The molecule has 0 amide bonds. The molecule has 0 saturated carbocycles. The normalized spacial score (nSPS) is 13.2. The van der Waals surface area contributed by atoms with Crippen LogP contribution in [0.4, 0.5) is 0 Å². The predicted octanol–water partition coefficient (Wildman–Crippen LogP) is 1.99. The van der Waals surface area contributed by atoms with Crippen molar-refractivity contribution in [3.05, 3.63) is 65.7 Å². The van der Waals surface area contributed by atoms with Gasteiger partial charge in [-0.15, -0.1) is 0 Å². The second-order valence-electron chi connectivity index (χ2n) is 6.70. The summed E-state index contributed by atoms with van der Waals surface area (Å²) in [6, 6.07) is 15.1. The first-order valence-electron chi connectivity index (χ1n) is 9.20. The van der Waals surface area contributed by atoms with E-state index in [2.05, 4.69) is 0 Å². The van der Waals surface area contributed by atoms with Crippen LogP contribution in [0.5, 0.6) is 5.75 Å². The minimum Gasteiger partial charge on any atom is -0.469 e. The number of ether oxygens (including phenoxy) is 2. The van der Waals surface area contributed by atoms with E-state index < -0.39 is 33.9 Å². The Bertz CT molecular complexity index is 943. The van der Waals surface area contributed by atoms with Crippen LogP contribution >= 0.6 is 0 Å². The topological polar surface area (TPSA) is 122 Å². The molecule has 2 aromatic rings. The Hall–Kier alpha value is -2.91. The molecule has 0 bridgehead atoms. The minimum absolute atomic E-state index is 0.0434. The summed E-state index contributed by atoms with van der Waals surface area (Å²) in [5.41, 5.74) is 7.19. The van der Waals surface area contributed by atoms with Gasteiger partial charge in [-0.1, -0.05) is 42.5 Å². The molecule has 2 N–H and O–H groups in total. The Kier molecular flexibility index (Phi) is 8.37. The van der Waals surface area contributed by atoms with Gasteiger partial charge in [0.2, 0.25) is 0 Å². The second kappa shape index (κ2) is 10.7. The number of rotatable bonds is 10. The second-order valence-corrected chi connectivity index (χ2v) is 8.28. The molecule has 0 spiro atoms. The lowest BCUT2D eigenvalue weighted by Gasteiger charge is -2.24. The highest BCUT2D eigenvalue weighted by Gasteiger charge is 2.32. The molecule has 162 valence electrons. The van der Waals surface area contributed by atoms with Crippen molar-refractivity contribution in [3.63, 3.8) is 0 Å². The molecule has 2 unspecified atom stereocenters. The van der Waals surface area contributed by atoms with E-state index in [1.165, 1.54) is 19.2 Å². The molecule has 2 aromatic carbocycles. The van der Waals surface area contributed by atoms with Gasteiger partial charge in [-0.2, -0.15) is 8.42 Å². The first-order valence-corrected chi connectivity index (χ1v) is 11.0. The molecule has 0 aromatic heterocycles. The van der Waals surface area contributed by atoms with Gasteiger partial charge in [-0.25, -0.2) is 0 Å². The lowest BCUT2D eigenvalue weighted by Crippen LogP contribution is -2.31. The number of hydrogen-bond acceptors (Lipinski definition) is 8. The van der Waals surface area contributed by atoms with Gasteiger partial charge in [0.05, 0.1) is 25.7 Å². The van der Waals surface area contributed by atoms with E-state index in [1.54, 1.807) is 12.1 Å². The van der Waals surface area contributed by atoms with Crippen molar-refractivity contribution in [2.75, 3.05) is 19.9 Å². The highest BCUT2D eigenvalue weighted by molar-refractivity contribution is 7.86. The zero-order valence-electron chi connectivity index (χ0n) is 16.8. The number of methoxy groups -OCH3 is 1. The SMILES string of the molecule is COC(=O)CC(CN)C(C(=O)OCc1ccccc1)c1ccc(OS(C)(=O)=O)cc1. The lowest BCUT2D eigenvalue weighted by atomic mass is 9.83. The van der Waals surface area contributed by atoms with Gasteiger partial charge >= 0.3 is 22.1 Å². The standard InChI is InChI=1S/C21H25NO7S/c1-27-19(23)12-17(13-22)20(21(24)28-14-15-6-4-3-5-7-15)16-8-10-18(11-9-16)29-30(2,25)26/h3-11,17,20H,12-14,22H2,1-2H3. The lowest BCUT2D eigenvalue weighted by molar-refractivity contribution is -0.149. The van der Waals surface area contributed by atoms with Crippen molar-refractivity contribution in [2.45, 2.75) is 18.9 Å². The highest BCUT2D eigenvalue weighted by atomic mass is 32.2. The Morgan fingerprint density at radius 1 is 1.03 bits per heavy atom. The molecular formula is C21H25NO7S. The maximum atomic E-state index is 12.9. The Morgan fingerprint density at radius 3 is 2.20 bits per heavy atom. The number of carbonyl (C=O) groups is 2. The summed E-state index contributed by atoms with van der Waals surface area (Å²) >= 11 is 0. The molecule has 0 aliphatic heterocycles. The molecule has 8 nitrogen and oxygen atoms in total.